The van der Waals surface area contributed by atoms with Crippen LogP contribution in [0.1, 0.15) is 11.1 Å². The SMILES string of the molecule is CN(CS(=O)(=O)CC(=O)NN(C)C(=S)c1ccncc1)C(=S)c1ccccc1. The minimum absolute atomic E-state index is 0.343. The van der Waals surface area contributed by atoms with Crippen LogP contribution in [0.5, 0.6) is 0 Å². The van der Waals surface area contributed by atoms with Crippen molar-refractivity contribution in [1.29, 1.82) is 0 Å². The van der Waals surface area contributed by atoms with Crippen LogP contribution in [0.15, 0.2) is 54.9 Å². The van der Waals surface area contributed by atoms with Crippen molar-refractivity contribution in [3.8, 4) is 0 Å². The van der Waals surface area contributed by atoms with Crippen molar-refractivity contribution in [3.05, 3.63) is 66.0 Å². The second-order valence-corrected chi connectivity index (χ2v) is 8.83. The number of thiocarbonyl (C=S) groups is 2. The number of aromatic nitrogens is 1. The number of nitrogens with one attached hydrogen (secondary N) is 1. The van der Waals surface area contributed by atoms with Gasteiger partial charge < -0.3 is 4.90 Å². The van der Waals surface area contributed by atoms with Crippen molar-refractivity contribution in [2.45, 2.75) is 0 Å². The van der Waals surface area contributed by atoms with Gasteiger partial charge in [-0.05, 0) is 12.1 Å². The Morgan fingerprint density at radius 3 is 2.18 bits per heavy atom. The number of carbonyl (C=O) groups excluding carboxylic acids is 1. The van der Waals surface area contributed by atoms with Crippen molar-refractivity contribution in [2.24, 2.45) is 0 Å². The number of benzene rings is 1. The van der Waals surface area contributed by atoms with Gasteiger partial charge in [-0.25, -0.2) is 8.42 Å². The zero-order valence-electron chi connectivity index (χ0n) is 15.4. The van der Waals surface area contributed by atoms with E-state index in [-0.39, 0.29) is 5.88 Å². The van der Waals surface area contributed by atoms with Crippen LogP contribution in [-0.4, -0.2) is 64.9 Å². The Hall–Kier alpha value is -2.43. The summed E-state index contributed by atoms with van der Waals surface area (Å²) in [6.45, 7) is 0. The Labute approximate surface area is 175 Å². The second kappa shape index (κ2) is 9.67. The van der Waals surface area contributed by atoms with E-state index in [1.54, 1.807) is 50.8 Å². The molecule has 0 radical (unpaired) electrons. The first-order valence-corrected chi connectivity index (χ1v) is 10.8. The molecule has 2 aromatic rings. The summed E-state index contributed by atoms with van der Waals surface area (Å²) in [6, 6.07) is 12.5. The number of amides is 1. The van der Waals surface area contributed by atoms with Crippen LogP contribution in [0.2, 0.25) is 0 Å². The summed E-state index contributed by atoms with van der Waals surface area (Å²) in [5.41, 5.74) is 3.89. The lowest BCUT2D eigenvalue weighted by atomic mass is 10.2. The molecule has 1 heterocycles. The Morgan fingerprint density at radius 1 is 1.00 bits per heavy atom. The van der Waals surface area contributed by atoms with Gasteiger partial charge in [-0.15, -0.1) is 0 Å². The Bertz CT molecular complexity index is 951. The second-order valence-electron chi connectivity index (χ2n) is 6.02. The highest BCUT2D eigenvalue weighted by Crippen LogP contribution is 2.07. The molecule has 0 saturated carbocycles. The molecule has 1 amide bonds. The highest BCUT2D eigenvalue weighted by Gasteiger charge is 2.22. The molecule has 0 atom stereocenters. The molecule has 0 bridgehead atoms. The third-order valence-corrected chi connectivity index (χ3v) is 6.17. The van der Waals surface area contributed by atoms with Crippen LogP contribution < -0.4 is 5.43 Å². The van der Waals surface area contributed by atoms with Gasteiger partial charge in [0.15, 0.2) is 9.84 Å². The van der Waals surface area contributed by atoms with E-state index in [0.29, 0.717) is 15.5 Å². The van der Waals surface area contributed by atoms with Crippen molar-refractivity contribution < 1.29 is 13.2 Å². The van der Waals surface area contributed by atoms with E-state index in [1.165, 1.54) is 9.91 Å². The van der Waals surface area contributed by atoms with Gasteiger partial charge >= 0.3 is 0 Å². The molecule has 0 fully saturated rings. The lowest BCUT2D eigenvalue weighted by Gasteiger charge is -2.22. The van der Waals surface area contributed by atoms with E-state index in [1.807, 2.05) is 18.2 Å². The van der Waals surface area contributed by atoms with Gasteiger partial charge in [-0.3, -0.25) is 20.2 Å². The average Bonchev–Trinajstić information content (AvgIpc) is 2.67. The van der Waals surface area contributed by atoms with Crippen LogP contribution in [0.4, 0.5) is 0 Å². The summed E-state index contributed by atoms with van der Waals surface area (Å²) >= 11 is 10.6. The van der Waals surface area contributed by atoms with E-state index in [2.05, 4.69) is 10.4 Å². The number of hydrogen-bond acceptors (Lipinski definition) is 6. The first-order valence-electron chi connectivity index (χ1n) is 8.18. The largest absolute Gasteiger partial charge is 0.351 e. The molecule has 1 aromatic heterocycles. The molecule has 0 unspecified atom stereocenters. The minimum Gasteiger partial charge on any atom is -0.351 e. The predicted octanol–water partition coefficient (Wildman–Crippen LogP) is 1.40. The number of hydrazine groups is 1. The zero-order chi connectivity index (χ0) is 20.7. The fraction of sp³-hybridized carbons (Fsp3) is 0.222. The van der Waals surface area contributed by atoms with E-state index in [4.69, 9.17) is 24.4 Å². The summed E-state index contributed by atoms with van der Waals surface area (Å²) in [5.74, 6) is -1.73. The van der Waals surface area contributed by atoms with E-state index >= 15 is 0 Å². The first-order chi connectivity index (χ1) is 13.2. The first kappa shape index (κ1) is 21.9. The molecule has 0 aliphatic rings. The maximum Gasteiger partial charge on any atom is 0.253 e. The number of sulfone groups is 1. The molecule has 10 heteroatoms. The maximum absolute atomic E-state index is 12.4. The van der Waals surface area contributed by atoms with Crippen molar-refractivity contribution in [1.82, 2.24) is 20.3 Å². The third-order valence-electron chi connectivity index (χ3n) is 3.63. The van der Waals surface area contributed by atoms with Gasteiger partial charge in [0, 0.05) is 37.6 Å². The normalized spacial score (nSPS) is 10.8. The molecular formula is C18H20N4O3S3. The molecule has 0 aliphatic heterocycles. The fourth-order valence-electron chi connectivity index (χ4n) is 2.36. The van der Waals surface area contributed by atoms with Crippen LogP contribution in [0.25, 0.3) is 0 Å². The van der Waals surface area contributed by atoms with Crippen molar-refractivity contribution >= 4 is 50.2 Å². The number of pyridine rings is 1. The van der Waals surface area contributed by atoms with Crippen molar-refractivity contribution in [3.63, 3.8) is 0 Å². The fourth-order valence-corrected chi connectivity index (χ4v) is 4.10. The number of rotatable bonds is 6. The molecule has 0 aliphatic carbocycles. The van der Waals surface area contributed by atoms with Crippen LogP contribution in [-0.2, 0) is 14.6 Å². The van der Waals surface area contributed by atoms with Gasteiger partial charge in [-0.2, -0.15) is 0 Å². The summed E-state index contributed by atoms with van der Waals surface area (Å²) < 4.78 is 24.8. The topological polar surface area (TPSA) is 82.6 Å². The summed E-state index contributed by atoms with van der Waals surface area (Å²) in [7, 11) is -0.598. The summed E-state index contributed by atoms with van der Waals surface area (Å²) in [5, 5.41) is 1.31. The van der Waals surface area contributed by atoms with Crippen molar-refractivity contribution in [2.75, 3.05) is 25.7 Å². The Balaban J connectivity index is 1.93. The summed E-state index contributed by atoms with van der Waals surface area (Å²) in [6.07, 6.45) is 3.15. The van der Waals surface area contributed by atoms with Gasteiger partial charge in [0.25, 0.3) is 5.91 Å². The zero-order valence-corrected chi connectivity index (χ0v) is 17.9. The van der Waals surface area contributed by atoms with Crippen LogP contribution in [0.3, 0.4) is 0 Å². The highest BCUT2D eigenvalue weighted by atomic mass is 32.2. The highest BCUT2D eigenvalue weighted by molar-refractivity contribution is 7.92. The van der Waals surface area contributed by atoms with E-state index < -0.39 is 21.5 Å². The lowest BCUT2D eigenvalue weighted by molar-refractivity contribution is -0.121. The molecule has 2 rings (SSSR count). The molecule has 28 heavy (non-hydrogen) atoms. The maximum atomic E-state index is 12.4. The molecule has 0 spiro atoms. The van der Waals surface area contributed by atoms with E-state index in [0.717, 1.165) is 5.56 Å². The molecule has 1 N–H and O–H groups in total. The molecule has 7 nitrogen and oxygen atoms in total. The summed E-state index contributed by atoms with van der Waals surface area (Å²) in [4.78, 5) is 18.2. The predicted molar refractivity (Wildman–Crippen MR) is 116 cm³/mol. The minimum atomic E-state index is -3.72. The molecule has 0 saturated heterocycles. The Morgan fingerprint density at radius 2 is 1.57 bits per heavy atom. The standard InChI is InChI=1S/C18H20N4O3S3/c1-21(17(26)14-6-4-3-5-7-14)13-28(24,25)12-16(23)20-22(2)18(27)15-8-10-19-11-9-15/h3-11H,12-13H2,1-2H3,(H,20,23). The number of hydrogen-bond donors (Lipinski definition) is 1. The average molecular weight is 437 g/mol. The van der Waals surface area contributed by atoms with Crippen LogP contribution >= 0.6 is 24.4 Å². The molecule has 1 aromatic carbocycles. The van der Waals surface area contributed by atoms with Gasteiger partial charge in [0.2, 0.25) is 0 Å². The third kappa shape index (κ3) is 6.32. The van der Waals surface area contributed by atoms with Crippen LogP contribution in [0, 0.1) is 0 Å². The van der Waals surface area contributed by atoms with Gasteiger partial charge in [-0.1, -0.05) is 54.8 Å². The number of nitrogens with zero attached hydrogens (tertiary/aromatic N) is 3. The number of carbonyl (C=O) groups is 1. The molecular weight excluding hydrogens is 416 g/mol. The monoisotopic (exact) mass is 436 g/mol. The Kier molecular flexibility index (Phi) is 7.55. The lowest BCUT2D eigenvalue weighted by Crippen LogP contribution is -2.46. The van der Waals surface area contributed by atoms with Gasteiger partial charge in [0.05, 0.1) is 0 Å². The van der Waals surface area contributed by atoms with Gasteiger partial charge in [0.1, 0.15) is 21.6 Å². The quantitative estimate of drug-likeness (QED) is 0.538. The van der Waals surface area contributed by atoms with E-state index in [9.17, 15) is 13.2 Å². The molecule has 148 valence electrons. The smallest absolute Gasteiger partial charge is 0.253 e.